The predicted octanol–water partition coefficient (Wildman–Crippen LogP) is 1.39. The second kappa shape index (κ2) is 9.48. The molecule has 2 atom stereocenters. The topological polar surface area (TPSA) is 63.6 Å². The van der Waals surface area contributed by atoms with Crippen LogP contribution in [0.3, 0.4) is 0 Å². The Hall–Kier alpha value is -0.530. The van der Waals surface area contributed by atoms with E-state index < -0.39 is 6.10 Å². The van der Waals surface area contributed by atoms with Crippen molar-refractivity contribution in [2.24, 2.45) is 5.92 Å². The number of aliphatic hydroxyl groups excluding tert-OH is 1. The smallest absolute Gasteiger partial charge is 0.0897 e. The minimum Gasteiger partial charge on any atom is -0.389 e. The Balaban J connectivity index is 1.47. The molecule has 6 heteroatoms. The van der Waals surface area contributed by atoms with Crippen molar-refractivity contribution in [3.63, 3.8) is 0 Å². The van der Waals surface area contributed by atoms with Crippen LogP contribution in [0.25, 0.3) is 0 Å². The van der Waals surface area contributed by atoms with Crippen LogP contribution in [0.2, 0.25) is 0 Å². The van der Waals surface area contributed by atoms with Gasteiger partial charge in [0, 0.05) is 31.0 Å². The number of hydrogen-bond acceptors (Lipinski definition) is 6. The first-order chi connectivity index (χ1) is 10.3. The van der Waals surface area contributed by atoms with Crippen molar-refractivity contribution in [2.45, 2.75) is 32.3 Å². The third-order valence-corrected chi connectivity index (χ3v) is 4.69. The maximum atomic E-state index is 9.86. The van der Waals surface area contributed by atoms with Gasteiger partial charge in [-0.05, 0) is 25.7 Å². The molecule has 1 aliphatic rings. The van der Waals surface area contributed by atoms with Crippen molar-refractivity contribution < 1.29 is 14.6 Å². The molecular formula is C15H26N2O3S. The molecule has 2 rings (SSSR count). The van der Waals surface area contributed by atoms with E-state index in [1.54, 1.807) is 11.3 Å². The lowest BCUT2D eigenvalue weighted by Crippen LogP contribution is -2.35. The summed E-state index contributed by atoms with van der Waals surface area (Å²) in [4.78, 5) is 5.47. The van der Waals surface area contributed by atoms with E-state index in [1.165, 1.54) is 11.3 Å². The Morgan fingerprint density at radius 3 is 3.24 bits per heavy atom. The molecule has 2 N–H and O–H groups in total. The van der Waals surface area contributed by atoms with Gasteiger partial charge in [0.15, 0.2) is 0 Å². The van der Waals surface area contributed by atoms with Gasteiger partial charge in [-0.2, -0.15) is 0 Å². The fraction of sp³-hybridized carbons (Fsp3) is 0.800. The van der Waals surface area contributed by atoms with E-state index in [-0.39, 0.29) is 0 Å². The minimum absolute atomic E-state index is 0.381. The molecule has 1 aliphatic heterocycles. The second-order valence-electron chi connectivity index (χ2n) is 5.58. The van der Waals surface area contributed by atoms with E-state index in [9.17, 15) is 5.11 Å². The van der Waals surface area contributed by atoms with Gasteiger partial charge in [-0.1, -0.05) is 0 Å². The molecule has 0 amide bonds. The van der Waals surface area contributed by atoms with Gasteiger partial charge in [-0.3, -0.25) is 0 Å². The zero-order valence-electron chi connectivity index (χ0n) is 12.7. The highest BCUT2D eigenvalue weighted by Crippen LogP contribution is 2.13. The summed E-state index contributed by atoms with van der Waals surface area (Å²) in [6.45, 7) is 6.26. The first-order valence-corrected chi connectivity index (χ1v) is 8.57. The van der Waals surface area contributed by atoms with Gasteiger partial charge in [-0.25, -0.2) is 4.98 Å². The Labute approximate surface area is 130 Å². The number of nitrogens with zero attached hydrogens (tertiary/aromatic N) is 1. The molecule has 1 aromatic rings. The number of ether oxygens (including phenoxy) is 2. The van der Waals surface area contributed by atoms with Crippen molar-refractivity contribution >= 4 is 11.3 Å². The molecule has 2 unspecified atom stereocenters. The van der Waals surface area contributed by atoms with Gasteiger partial charge in [0.1, 0.15) is 0 Å². The van der Waals surface area contributed by atoms with E-state index in [0.29, 0.717) is 25.7 Å². The highest BCUT2D eigenvalue weighted by Gasteiger charge is 2.14. The van der Waals surface area contributed by atoms with Crippen LogP contribution < -0.4 is 5.32 Å². The Morgan fingerprint density at radius 2 is 2.52 bits per heavy atom. The van der Waals surface area contributed by atoms with E-state index >= 15 is 0 Å². The number of aliphatic hydroxyl groups is 1. The molecule has 0 saturated carbocycles. The van der Waals surface area contributed by atoms with Crippen LogP contribution in [0.1, 0.15) is 23.4 Å². The fourth-order valence-corrected chi connectivity index (χ4v) is 3.19. The number of thiazole rings is 1. The van der Waals surface area contributed by atoms with Crippen LogP contribution in [0.5, 0.6) is 0 Å². The van der Waals surface area contributed by atoms with Gasteiger partial charge in [-0.15, -0.1) is 11.3 Å². The van der Waals surface area contributed by atoms with Crippen LogP contribution in [-0.4, -0.2) is 55.7 Å². The number of aromatic nitrogens is 1. The van der Waals surface area contributed by atoms with Crippen molar-refractivity contribution in [1.29, 1.82) is 0 Å². The predicted molar refractivity (Wildman–Crippen MR) is 83.8 cm³/mol. The number of hydrogen-bond donors (Lipinski definition) is 2. The molecular weight excluding hydrogens is 288 g/mol. The monoisotopic (exact) mass is 314 g/mol. The zero-order valence-corrected chi connectivity index (χ0v) is 13.5. The minimum atomic E-state index is -0.447. The summed E-state index contributed by atoms with van der Waals surface area (Å²) in [5.41, 5.74) is 2.94. The van der Waals surface area contributed by atoms with Crippen molar-refractivity contribution in [3.8, 4) is 0 Å². The molecule has 0 aromatic carbocycles. The molecule has 2 heterocycles. The standard InChI is InChI=1S/C15H26N2O3S/c1-12-15(21-11-17-12)4-6-20-10-14(18)8-16-7-13-3-2-5-19-9-13/h11,13-14,16,18H,2-10H2,1H3. The van der Waals surface area contributed by atoms with Gasteiger partial charge < -0.3 is 19.9 Å². The summed E-state index contributed by atoms with van der Waals surface area (Å²) in [5, 5.41) is 13.2. The lowest BCUT2D eigenvalue weighted by molar-refractivity contribution is 0.0327. The first kappa shape index (κ1) is 16.8. The number of aryl methyl sites for hydroxylation is 1. The van der Waals surface area contributed by atoms with Crippen LogP contribution in [0.15, 0.2) is 5.51 Å². The van der Waals surface area contributed by atoms with Crippen molar-refractivity contribution in [3.05, 3.63) is 16.1 Å². The van der Waals surface area contributed by atoms with Gasteiger partial charge >= 0.3 is 0 Å². The lowest BCUT2D eigenvalue weighted by atomic mass is 10.0. The fourth-order valence-electron chi connectivity index (χ4n) is 2.43. The second-order valence-corrected chi connectivity index (χ2v) is 6.52. The SMILES string of the molecule is Cc1ncsc1CCOCC(O)CNCC1CCCOC1. The Morgan fingerprint density at radius 1 is 1.62 bits per heavy atom. The Kier molecular flexibility index (Phi) is 7.60. The summed E-state index contributed by atoms with van der Waals surface area (Å²) < 4.78 is 11.0. The summed E-state index contributed by atoms with van der Waals surface area (Å²) in [5.74, 6) is 0.584. The average molecular weight is 314 g/mol. The summed E-state index contributed by atoms with van der Waals surface area (Å²) in [7, 11) is 0. The summed E-state index contributed by atoms with van der Waals surface area (Å²) >= 11 is 1.66. The van der Waals surface area contributed by atoms with Gasteiger partial charge in [0.05, 0.1) is 37.1 Å². The molecule has 1 aromatic heterocycles. The van der Waals surface area contributed by atoms with E-state index in [0.717, 1.165) is 38.3 Å². The van der Waals surface area contributed by atoms with Crippen LogP contribution >= 0.6 is 11.3 Å². The Bertz CT molecular complexity index is 394. The molecule has 1 fully saturated rings. The third kappa shape index (κ3) is 6.40. The van der Waals surface area contributed by atoms with Gasteiger partial charge in [0.2, 0.25) is 0 Å². The highest BCUT2D eigenvalue weighted by atomic mass is 32.1. The quantitative estimate of drug-likeness (QED) is 0.674. The number of nitrogens with one attached hydrogen (secondary N) is 1. The van der Waals surface area contributed by atoms with E-state index in [2.05, 4.69) is 10.3 Å². The summed E-state index contributed by atoms with van der Waals surface area (Å²) in [6.07, 6.45) is 2.79. The van der Waals surface area contributed by atoms with E-state index in [1.807, 2.05) is 12.4 Å². The summed E-state index contributed by atoms with van der Waals surface area (Å²) in [6, 6.07) is 0. The first-order valence-electron chi connectivity index (χ1n) is 7.69. The molecule has 5 nitrogen and oxygen atoms in total. The largest absolute Gasteiger partial charge is 0.389 e. The molecule has 0 radical (unpaired) electrons. The third-order valence-electron chi connectivity index (χ3n) is 3.70. The van der Waals surface area contributed by atoms with Crippen molar-refractivity contribution in [1.82, 2.24) is 10.3 Å². The normalized spacial score (nSPS) is 20.6. The molecule has 0 bridgehead atoms. The molecule has 0 aliphatic carbocycles. The van der Waals surface area contributed by atoms with Crippen LogP contribution in [0.4, 0.5) is 0 Å². The average Bonchev–Trinajstić information content (AvgIpc) is 2.90. The lowest BCUT2D eigenvalue weighted by Gasteiger charge is -2.23. The highest BCUT2D eigenvalue weighted by molar-refractivity contribution is 7.09. The maximum absolute atomic E-state index is 9.86. The molecule has 21 heavy (non-hydrogen) atoms. The van der Waals surface area contributed by atoms with Crippen LogP contribution in [0, 0.1) is 12.8 Å². The number of rotatable bonds is 9. The van der Waals surface area contributed by atoms with Gasteiger partial charge in [0.25, 0.3) is 0 Å². The zero-order chi connectivity index (χ0) is 14.9. The molecule has 120 valence electrons. The molecule has 0 spiro atoms. The van der Waals surface area contributed by atoms with Crippen molar-refractivity contribution in [2.75, 3.05) is 39.5 Å². The van der Waals surface area contributed by atoms with E-state index in [4.69, 9.17) is 9.47 Å². The van der Waals surface area contributed by atoms with Crippen LogP contribution in [-0.2, 0) is 15.9 Å². The maximum Gasteiger partial charge on any atom is 0.0897 e. The molecule has 1 saturated heterocycles.